The summed E-state index contributed by atoms with van der Waals surface area (Å²) >= 11 is 0. The minimum absolute atomic E-state index is 0.0643. The second kappa shape index (κ2) is 61.7. The number of ether oxygens (including phenoxy) is 9. The SMILES string of the molecule is CC(=O)Oc1c(C)cc(COC(=O)NCCCCCCOP(C)(=O)O)cc1C.CCC(=O)NCC(=O)Oc1c(C)cc(COC(=O)NCCCCCCOC(=O)[O-])cc1C.CCC(=O)NCC(=O)Oc1c(C)cc(COC(=O)NCCCCCCOP(C)(=O)[O-])cc1C.CCC(=O)Oc1c(C)cc(COC(=O)NCCCCCCOP(C)(=O)[O-])cc1C. The maximum Gasteiger partial charge on any atom is 0.407 e. The number of hydrogen-bond acceptors (Lipinski definition) is 29. The third kappa shape index (κ3) is 56.2. The zero-order valence-electron chi connectivity index (χ0n) is 73.1. The molecule has 0 fully saturated rings. The lowest BCUT2D eigenvalue weighted by atomic mass is 10.1. The first-order chi connectivity index (χ1) is 57.4. The molecule has 0 bridgehead atoms. The molecule has 4 rings (SSSR count). The van der Waals surface area contributed by atoms with Gasteiger partial charge in [-0.25, -0.2) is 28.8 Å². The van der Waals surface area contributed by atoms with Gasteiger partial charge in [0, 0.05) is 79.0 Å². The number of carbonyl (C=O) groups excluding carboxylic acids is 11. The Bertz CT molecular complexity index is 4030. The summed E-state index contributed by atoms with van der Waals surface area (Å²) in [5.74, 6) is -0.333. The van der Waals surface area contributed by atoms with Crippen LogP contribution >= 0.6 is 22.8 Å². The average Bonchev–Trinajstić information content (AvgIpc) is 0.832. The van der Waals surface area contributed by atoms with Crippen molar-refractivity contribution in [2.75, 3.05) is 85.7 Å². The van der Waals surface area contributed by atoms with Crippen LogP contribution in [0.4, 0.5) is 24.0 Å². The fraction of sp³-hybridized carbons (Fsp3) is 0.578. The Morgan fingerprint density at radius 3 is 0.820 bits per heavy atom. The standard InChI is InChI=1S/C22H35N2O8P.C22H32N2O8.C20H32NO7P.C19H30NO7P/c1-5-19(25)24-14-20(26)32-21-16(2)12-18(13-17(21)3)15-30-22(27)23-10-8-6-7-9-11-31-33(4,28)29;1-4-18(25)24-13-19(26)32-20-15(2)11-17(12-16(20)3)14-31-21(27)23-9-7-5-6-8-10-30-22(28)29;1-5-18(22)28-19-15(2)12-17(13-16(19)3)14-26-20(23)21-10-8-6-7-9-11-27-29(4,24)25;1-14-11-17(12-15(2)18(14)27-16(3)21)13-25-19(22)20-9-7-5-6-8-10-26-28(4,23)24/h12-13H,5-11,14-15H2,1-4H3,(H,23,27)(H,24,25)(H,28,29);11-12H,4-10,13-14H2,1-3H3,(H,23,27)(H,24,25)(H,28,29);12-13H,5-11,14H2,1-4H3,(H,21,23)(H,24,25);11-12H,5-10,13H2,1-4H3,(H,20,22)(H,23,24)/p-3. The lowest BCUT2D eigenvalue weighted by molar-refractivity contribution is -0.282. The minimum Gasteiger partial charge on any atom is -0.779 e. The first-order valence-corrected chi connectivity index (χ1v) is 46.5. The summed E-state index contributed by atoms with van der Waals surface area (Å²) in [4.78, 5) is 157. The van der Waals surface area contributed by atoms with E-state index in [4.69, 9.17) is 47.3 Å². The first-order valence-electron chi connectivity index (χ1n) is 40.5. The quantitative estimate of drug-likeness (QED) is 0.00710. The van der Waals surface area contributed by atoms with Gasteiger partial charge < -0.3 is 122 Å². The number of alkyl carbamates (subject to hydrolysis) is 4. The molecular formula is C83H126N6O30P3-3. The van der Waals surface area contributed by atoms with Crippen LogP contribution in [-0.4, -0.2) is 157 Å². The van der Waals surface area contributed by atoms with Gasteiger partial charge in [-0.15, -0.1) is 0 Å². The zero-order chi connectivity index (χ0) is 91.8. The van der Waals surface area contributed by atoms with Crippen LogP contribution in [0.15, 0.2) is 48.5 Å². The molecule has 0 spiro atoms. The highest BCUT2D eigenvalue weighted by atomic mass is 31.2. The summed E-state index contributed by atoms with van der Waals surface area (Å²) in [5, 5.41) is 25.7. The van der Waals surface area contributed by atoms with E-state index in [1.165, 1.54) is 13.6 Å². The van der Waals surface area contributed by atoms with Gasteiger partial charge in [0.15, 0.2) is 0 Å². The number of esters is 4. The Hall–Kier alpha value is -9.50. The monoisotopic (exact) mass is 1780 g/mol. The van der Waals surface area contributed by atoms with Crippen molar-refractivity contribution < 1.29 is 142 Å². The average molecular weight is 1780 g/mol. The molecule has 3 atom stereocenters. The molecule has 0 heterocycles. The lowest BCUT2D eigenvalue weighted by Crippen LogP contribution is -2.31. The number of hydrogen-bond donors (Lipinski definition) is 7. The van der Waals surface area contributed by atoms with Crippen molar-refractivity contribution in [2.45, 2.75) is 232 Å². The highest BCUT2D eigenvalue weighted by Gasteiger charge is 2.19. The molecule has 686 valence electrons. The summed E-state index contributed by atoms with van der Waals surface area (Å²) < 4.78 is 93.2. The molecule has 4 aromatic carbocycles. The van der Waals surface area contributed by atoms with Crippen molar-refractivity contribution in [3.63, 3.8) is 0 Å². The van der Waals surface area contributed by atoms with Crippen LogP contribution in [0.5, 0.6) is 23.0 Å². The summed E-state index contributed by atoms with van der Waals surface area (Å²) in [7, 11) is -10.7. The van der Waals surface area contributed by atoms with E-state index in [2.05, 4.69) is 45.7 Å². The molecule has 0 aliphatic carbocycles. The van der Waals surface area contributed by atoms with E-state index in [0.717, 1.165) is 135 Å². The van der Waals surface area contributed by atoms with Gasteiger partial charge in [-0.3, -0.25) is 23.7 Å². The number of carboxylic acid groups (broad SMARTS) is 1. The molecular weight excluding hydrogens is 1650 g/mol. The van der Waals surface area contributed by atoms with E-state index >= 15 is 0 Å². The van der Waals surface area contributed by atoms with Crippen molar-refractivity contribution in [1.82, 2.24) is 31.9 Å². The normalized spacial score (nSPS) is 12.1. The summed E-state index contributed by atoms with van der Waals surface area (Å²) in [5.41, 5.74) is 9.22. The van der Waals surface area contributed by atoms with E-state index < -0.39 is 65.3 Å². The van der Waals surface area contributed by atoms with Crippen LogP contribution in [0.25, 0.3) is 0 Å². The molecule has 3 unspecified atom stereocenters. The molecule has 0 radical (unpaired) electrons. The molecule has 122 heavy (non-hydrogen) atoms. The van der Waals surface area contributed by atoms with E-state index in [1.807, 2.05) is 52.0 Å². The first kappa shape index (κ1) is 111. The van der Waals surface area contributed by atoms with Gasteiger partial charge in [-0.2, -0.15) is 0 Å². The molecule has 0 aliphatic rings. The minimum atomic E-state index is -3.66. The van der Waals surface area contributed by atoms with Crippen molar-refractivity contribution in [3.05, 3.63) is 115 Å². The lowest BCUT2D eigenvalue weighted by Gasteiger charge is -2.17. The van der Waals surface area contributed by atoms with E-state index in [-0.39, 0.29) is 103 Å². The number of amides is 6. The van der Waals surface area contributed by atoms with E-state index in [9.17, 15) is 81.3 Å². The second-order valence-corrected chi connectivity index (χ2v) is 33.9. The smallest absolute Gasteiger partial charge is 0.407 e. The number of unbranched alkanes of at least 4 members (excludes halogenated alkanes) is 12. The van der Waals surface area contributed by atoms with E-state index in [1.54, 1.807) is 72.7 Å². The predicted molar refractivity (Wildman–Crippen MR) is 447 cm³/mol. The molecule has 4 aromatic rings. The van der Waals surface area contributed by atoms with E-state index in [0.29, 0.717) is 104 Å². The van der Waals surface area contributed by atoms with Gasteiger partial charge in [0.1, 0.15) is 77.7 Å². The fourth-order valence-corrected chi connectivity index (χ4v) is 12.5. The van der Waals surface area contributed by atoms with Crippen LogP contribution in [-0.2, 0) is 106 Å². The fourth-order valence-electron chi connectivity index (χ4n) is 11.1. The topological polar surface area (TPSA) is 511 Å². The van der Waals surface area contributed by atoms with Crippen molar-refractivity contribution in [2.24, 2.45) is 0 Å². The van der Waals surface area contributed by atoms with Gasteiger partial charge in [-0.1, -0.05) is 72.1 Å². The Morgan fingerprint density at radius 1 is 0.336 bits per heavy atom. The van der Waals surface area contributed by atoms with Crippen molar-refractivity contribution >= 4 is 89.0 Å². The molecule has 0 aromatic heterocycles. The number of rotatable bonds is 50. The van der Waals surface area contributed by atoms with Crippen LogP contribution in [0.1, 0.15) is 216 Å². The molecule has 0 saturated heterocycles. The van der Waals surface area contributed by atoms with Crippen molar-refractivity contribution in [1.29, 1.82) is 0 Å². The summed E-state index contributed by atoms with van der Waals surface area (Å²) in [6.45, 7) is 26.8. The van der Waals surface area contributed by atoms with Crippen LogP contribution < -0.4 is 65.7 Å². The third-order valence-corrected chi connectivity index (χ3v) is 18.8. The highest BCUT2D eigenvalue weighted by Crippen LogP contribution is 2.37. The molecule has 7 N–H and O–H groups in total. The molecule has 6 amide bonds. The maximum absolute atomic E-state index is 11.9. The Morgan fingerprint density at radius 2 is 0.582 bits per heavy atom. The third-order valence-electron chi connectivity index (χ3n) is 16.8. The molecule has 0 saturated carbocycles. The summed E-state index contributed by atoms with van der Waals surface area (Å²) in [6.07, 6.45) is 9.57. The van der Waals surface area contributed by atoms with Gasteiger partial charge in [-0.05, 0) is 222 Å². The maximum atomic E-state index is 11.9. The number of aryl methyl sites for hydroxylation is 8. The number of nitrogens with one attached hydrogen (secondary N) is 6. The highest BCUT2D eigenvalue weighted by molar-refractivity contribution is 7.52. The van der Waals surface area contributed by atoms with Gasteiger partial charge in [0.05, 0.1) is 19.8 Å². The molecule has 0 aliphatic heterocycles. The van der Waals surface area contributed by atoms with Gasteiger partial charge in [0.25, 0.3) is 6.16 Å². The van der Waals surface area contributed by atoms with Crippen LogP contribution in [0, 0.1) is 55.4 Å². The predicted octanol–water partition coefficient (Wildman–Crippen LogP) is 12.1. The van der Waals surface area contributed by atoms with Gasteiger partial charge >= 0.3 is 55.8 Å². The Kier molecular flexibility index (Phi) is 55.9. The summed E-state index contributed by atoms with van der Waals surface area (Å²) in [6, 6.07) is 14.4. The van der Waals surface area contributed by atoms with Crippen LogP contribution in [0.3, 0.4) is 0 Å². The molecule has 39 heteroatoms. The Balaban J connectivity index is 0.000000815. The number of carbonyl (C=O) groups is 11. The molecule has 36 nitrogen and oxygen atoms in total. The Labute approximate surface area is 715 Å². The van der Waals surface area contributed by atoms with Crippen molar-refractivity contribution in [3.8, 4) is 23.0 Å². The largest absolute Gasteiger partial charge is 0.779 e. The zero-order valence-corrected chi connectivity index (χ0v) is 75.8. The van der Waals surface area contributed by atoms with Crippen LogP contribution in [0.2, 0.25) is 0 Å². The number of benzene rings is 4. The van der Waals surface area contributed by atoms with Gasteiger partial charge in [0.2, 0.25) is 11.8 Å². The second-order valence-electron chi connectivity index (χ2n) is 28.5.